The number of halogens is 4. The summed E-state index contributed by atoms with van der Waals surface area (Å²) in [6, 6.07) is 1.04. The summed E-state index contributed by atoms with van der Waals surface area (Å²) in [4.78, 5) is 22.2. The highest BCUT2D eigenvalue weighted by Crippen LogP contribution is 2.29. The first-order valence-electron chi connectivity index (χ1n) is 8.97. The van der Waals surface area contributed by atoms with E-state index in [-0.39, 0.29) is 30.0 Å². The van der Waals surface area contributed by atoms with Gasteiger partial charge in [-0.2, -0.15) is 11.8 Å². The maximum atomic E-state index is 14.9. The van der Waals surface area contributed by atoms with Crippen molar-refractivity contribution in [1.29, 1.82) is 0 Å². The van der Waals surface area contributed by atoms with Gasteiger partial charge in [-0.15, -0.1) is 0 Å². The number of nitrogens with one attached hydrogen (secondary N) is 2. The Labute approximate surface area is 191 Å². The van der Waals surface area contributed by atoms with E-state index in [2.05, 4.69) is 10.5 Å². The predicted octanol–water partition coefficient (Wildman–Crippen LogP) is 3.62. The molecule has 3 N–H and O–H groups in total. The first-order valence-corrected chi connectivity index (χ1v) is 12.9. The smallest absolute Gasteiger partial charge is 0.277 e. The van der Waals surface area contributed by atoms with Crippen LogP contribution in [0.1, 0.15) is 22.3 Å². The Kier molecular flexibility index (Phi) is 11.0. The first kappa shape index (κ1) is 25.4. The summed E-state index contributed by atoms with van der Waals surface area (Å²) in [5.74, 6) is -3.38. The molecule has 0 spiro atoms. The molecule has 0 fully saturated rings. The van der Waals surface area contributed by atoms with Crippen LogP contribution in [-0.2, 0) is 9.68 Å². The molecular formula is C19H21F3IN3O4S. The second kappa shape index (κ2) is 13.5. The maximum Gasteiger partial charge on any atom is 0.277 e. The highest BCUT2D eigenvalue weighted by molar-refractivity contribution is 14.2. The number of amides is 1. The lowest BCUT2D eigenvalue weighted by Crippen LogP contribution is -2.27. The molecule has 31 heavy (non-hydrogen) atoms. The minimum absolute atomic E-state index is 0.104. The summed E-state index contributed by atoms with van der Waals surface area (Å²) in [5, 5.41) is 14.8. The zero-order chi connectivity index (χ0) is 22.6. The van der Waals surface area contributed by atoms with E-state index in [4.69, 9.17) is 14.8 Å². The molecule has 0 aromatic heterocycles. The standard InChI is InChI=1S/C19H21F3IN3O4S/c1-31-8-2-6-29-24-11-12-9-13(19(28)26-30-7-5-27)18(17(22)16(12)21)25-15-3-4-23-10-14(15)20/h3-4,9-11,25,27H,2,5-8H2,1H3,(H,26,28)/b24-11+. The minimum atomic E-state index is -1.40. The number of thioether (sulfide) groups is 1. The number of allylic oxidation sites excluding steroid dienone is 2. The van der Waals surface area contributed by atoms with Gasteiger partial charge in [-0.3, -0.25) is 9.63 Å². The van der Waals surface area contributed by atoms with Gasteiger partial charge in [-0.25, -0.2) is 18.7 Å². The second-order valence-electron chi connectivity index (χ2n) is 5.85. The molecule has 7 nitrogen and oxygen atoms in total. The number of hydrogen-bond acceptors (Lipinski definition) is 7. The van der Waals surface area contributed by atoms with E-state index < -0.39 is 49.8 Å². The van der Waals surface area contributed by atoms with Crippen LogP contribution in [0.15, 0.2) is 32.9 Å². The number of anilines is 1. The molecule has 0 radical (unpaired) electrons. The first-order chi connectivity index (χ1) is 15.0. The molecule has 1 amide bonds. The van der Waals surface area contributed by atoms with Crippen LogP contribution in [0, 0.1) is 11.6 Å². The Morgan fingerprint density at radius 2 is 2.13 bits per heavy atom. The van der Waals surface area contributed by atoms with E-state index in [1.807, 2.05) is 11.7 Å². The molecule has 1 aliphatic rings. The lowest BCUT2D eigenvalue weighted by Gasteiger charge is -2.16. The van der Waals surface area contributed by atoms with Gasteiger partial charge in [-0.05, 0) is 34.7 Å². The van der Waals surface area contributed by atoms with Crippen LogP contribution in [0.25, 0.3) is 0 Å². The zero-order valence-corrected chi connectivity index (χ0v) is 19.4. The number of aliphatic hydroxyl groups is 1. The maximum absolute atomic E-state index is 14.9. The molecule has 1 aromatic carbocycles. The minimum Gasteiger partial charge on any atom is -0.396 e. The molecule has 0 bridgehead atoms. The van der Waals surface area contributed by atoms with Crippen molar-refractivity contribution in [3.05, 3.63) is 50.5 Å². The number of rotatable bonds is 12. The molecule has 12 heteroatoms. The Bertz CT molecular complexity index is 910. The fourth-order valence-electron chi connectivity index (χ4n) is 2.24. The number of oxime groups is 1. The number of hydroxylamine groups is 1. The van der Waals surface area contributed by atoms with Crippen molar-refractivity contribution in [2.45, 2.75) is 6.42 Å². The predicted molar refractivity (Wildman–Crippen MR) is 124 cm³/mol. The van der Waals surface area contributed by atoms with E-state index in [0.29, 0.717) is 6.61 Å². The van der Waals surface area contributed by atoms with Crippen molar-refractivity contribution >= 4 is 54.3 Å². The van der Waals surface area contributed by atoms with Crippen LogP contribution in [0.3, 0.4) is 0 Å². The Balaban J connectivity index is 2.35. The molecule has 1 aliphatic heterocycles. The lowest BCUT2D eigenvalue weighted by atomic mass is 10.1. The SMILES string of the molecule is CSCCCO/N=C/c1cc(C(=O)NOCCO)c(NC2=C(F)C=IC=C2)c(F)c1F. The highest BCUT2D eigenvalue weighted by Gasteiger charge is 2.23. The molecule has 170 valence electrons. The van der Waals surface area contributed by atoms with Crippen LogP contribution >= 0.6 is 32.5 Å². The number of carbonyl (C=O) groups excluding carboxylic acids is 1. The van der Waals surface area contributed by atoms with Gasteiger partial charge in [-0.1, -0.05) is 25.9 Å². The van der Waals surface area contributed by atoms with Gasteiger partial charge in [0.15, 0.2) is 17.5 Å². The Hall–Kier alpha value is -1.90. The van der Waals surface area contributed by atoms with Crippen LogP contribution in [0.5, 0.6) is 0 Å². The molecule has 0 aliphatic carbocycles. The normalized spacial score (nSPS) is 13.5. The number of carbonyl (C=O) groups is 1. The quantitative estimate of drug-likeness (QED) is 0.154. The van der Waals surface area contributed by atoms with E-state index in [1.54, 1.807) is 15.8 Å². The van der Waals surface area contributed by atoms with Crippen molar-refractivity contribution in [2.24, 2.45) is 5.16 Å². The topological polar surface area (TPSA) is 92.2 Å². The van der Waals surface area contributed by atoms with Crippen molar-refractivity contribution in [3.63, 3.8) is 0 Å². The van der Waals surface area contributed by atoms with Gasteiger partial charge in [0, 0.05) is 9.58 Å². The van der Waals surface area contributed by atoms with Gasteiger partial charge < -0.3 is 15.3 Å². The molecule has 0 saturated carbocycles. The number of hydrogen-bond donors (Lipinski definition) is 3. The van der Waals surface area contributed by atoms with E-state index >= 15 is 0 Å². The third-order valence-electron chi connectivity index (χ3n) is 3.67. The molecule has 2 rings (SSSR count). The summed E-state index contributed by atoms with van der Waals surface area (Å²) in [5.41, 5.74) is 0.654. The molecular weight excluding hydrogens is 550 g/mol. The van der Waals surface area contributed by atoms with Crippen LogP contribution in [0.2, 0.25) is 0 Å². The molecule has 0 saturated heterocycles. The van der Waals surface area contributed by atoms with E-state index in [9.17, 15) is 18.0 Å². The summed E-state index contributed by atoms with van der Waals surface area (Å²) in [6.07, 6.45) is 5.02. The Morgan fingerprint density at radius 1 is 1.32 bits per heavy atom. The number of aliphatic hydroxyl groups excluding tert-OH is 1. The molecule has 0 atom stereocenters. The van der Waals surface area contributed by atoms with Gasteiger partial charge >= 0.3 is 0 Å². The number of nitrogens with zero attached hydrogens (tertiary/aromatic N) is 1. The summed E-state index contributed by atoms with van der Waals surface area (Å²) in [6.45, 7) is -0.281. The van der Waals surface area contributed by atoms with Gasteiger partial charge in [0.25, 0.3) is 5.91 Å². The highest BCUT2D eigenvalue weighted by atomic mass is 127. The summed E-state index contributed by atoms with van der Waals surface area (Å²) < 4.78 is 46.6. The second-order valence-corrected chi connectivity index (χ2v) is 8.89. The molecule has 0 unspecified atom stereocenters. The molecule has 1 aromatic rings. The van der Waals surface area contributed by atoms with Crippen molar-refractivity contribution < 1.29 is 32.7 Å². The fraction of sp³-hybridized carbons (Fsp3) is 0.316. The lowest BCUT2D eigenvalue weighted by molar-refractivity contribution is 0.0168. The van der Waals surface area contributed by atoms with Crippen molar-refractivity contribution in [2.75, 3.05) is 37.1 Å². The van der Waals surface area contributed by atoms with Crippen LogP contribution < -0.4 is 10.8 Å². The largest absolute Gasteiger partial charge is 0.396 e. The van der Waals surface area contributed by atoms with Gasteiger partial charge in [0.2, 0.25) is 0 Å². The van der Waals surface area contributed by atoms with Crippen LogP contribution in [-0.4, -0.2) is 53.1 Å². The van der Waals surface area contributed by atoms with E-state index in [1.165, 1.54) is 10.1 Å². The molecule has 1 heterocycles. The summed E-state index contributed by atoms with van der Waals surface area (Å²) in [7, 11) is 0. The number of benzene rings is 1. The van der Waals surface area contributed by atoms with Gasteiger partial charge in [0.1, 0.15) is 6.61 Å². The average molecular weight is 571 g/mol. The van der Waals surface area contributed by atoms with Crippen LogP contribution in [0.4, 0.5) is 18.9 Å². The van der Waals surface area contributed by atoms with Gasteiger partial charge in [0.05, 0.1) is 36.4 Å². The summed E-state index contributed by atoms with van der Waals surface area (Å²) >= 11 is 1.04. The van der Waals surface area contributed by atoms with Crippen molar-refractivity contribution in [1.82, 2.24) is 5.48 Å². The van der Waals surface area contributed by atoms with E-state index in [0.717, 1.165) is 24.5 Å². The Morgan fingerprint density at radius 3 is 2.84 bits per heavy atom. The third kappa shape index (κ3) is 7.63. The monoisotopic (exact) mass is 571 g/mol. The van der Waals surface area contributed by atoms with Crippen molar-refractivity contribution in [3.8, 4) is 0 Å². The average Bonchev–Trinajstić information content (AvgIpc) is 2.76. The zero-order valence-electron chi connectivity index (χ0n) is 16.5. The fourth-order valence-corrected chi connectivity index (χ4v) is 4.07. The third-order valence-corrected chi connectivity index (χ3v) is 6.04.